The fraction of sp³-hybridized carbons (Fsp3) is 0.100. The number of carbonyl (C=O) groups excluding carboxylic acids is 1. The Morgan fingerprint density at radius 3 is 3.08 bits per heavy atom. The van der Waals surface area contributed by atoms with Gasteiger partial charge in [-0.3, -0.25) is 4.79 Å². The van der Waals surface area contributed by atoms with E-state index < -0.39 is 0 Å². The van der Waals surface area contributed by atoms with E-state index >= 15 is 0 Å². The predicted molar refractivity (Wildman–Crippen MR) is 48.4 cm³/mol. The molecule has 1 aliphatic rings. The van der Waals surface area contributed by atoms with Gasteiger partial charge in [0.15, 0.2) is 6.29 Å². The first-order valence-electron chi connectivity index (χ1n) is 3.89. The van der Waals surface area contributed by atoms with Gasteiger partial charge in [0.1, 0.15) is 0 Å². The van der Waals surface area contributed by atoms with E-state index in [1.54, 1.807) is 0 Å². The first-order chi connectivity index (χ1) is 5.90. The van der Waals surface area contributed by atoms with Gasteiger partial charge in [-0.1, -0.05) is 24.3 Å². The number of nitrogens with one attached hydrogen (secondary N) is 1. The van der Waals surface area contributed by atoms with Crippen LogP contribution in [0.1, 0.15) is 12.6 Å². The molecule has 0 spiro atoms. The average Bonchev–Trinajstić information content (AvgIpc) is 2.17. The third-order valence-corrected chi connectivity index (χ3v) is 1.98. The van der Waals surface area contributed by atoms with E-state index in [4.69, 9.17) is 0 Å². The molecular formula is C10H10NO+. The normalized spacial score (nSPS) is 14.2. The van der Waals surface area contributed by atoms with Gasteiger partial charge in [0.25, 0.3) is 0 Å². The van der Waals surface area contributed by atoms with E-state index in [-0.39, 0.29) is 1.43 Å². The van der Waals surface area contributed by atoms with Crippen LogP contribution in [0.4, 0.5) is 0 Å². The average molecular weight is 160 g/mol. The van der Waals surface area contributed by atoms with Crippen molar-refractivity contribution in [3.8, 4) is 0 Å². The molecule has 2 heteroatoms. The fourth-order valence-electron chi connectivity index (χ4n) is 1.33. The molecule has 0 aromatic heterocycles. The molecule has 1 aromatic carbocycles. The second-order valence-electron chi connectivity index (χ2n) is 2.77. The highest BCUT2D eigenvalue weighted by atomic mass is 16.1. The van der Waals surface area contributed by atoms with E-state index in [0.29, 0.717) is 5.70 Å². The van der Waals surface area contributed by atoms with Crippen LogP contribution in [0.2, 0.25) is 0 Å². The SMILES string of the molecule is O=CC1=Cc2ccccc2CN1.[H+]. The minimum Gasteiger partial charge on any atom is -0.378 e. The molecule has 0 bridgehead atoms. The fourth-order valence-corrected chi connectivity index (χ4v) is 1.33. The van der Waals surface area contributed by atoms with Gasteiger partial charge in [0, 0.05) is 6.54 Å². The predicted octanol–water partition coefficient (Wildman–Crippen LogP) is 1.44. The van der Waals surface area contributed by atoms with Crippen molar-refractivity contribution in [1.29, 1.82) is 0 Å². The van der Waals surface area contributed by atoms with Crippen molar-refractivity contribution in [2.24, 2.45) is 0 Å². The number of aldehydes is 1. The summed E-state index contributed by atoms with van der Waals surface area (Å²) < 4.78 is 0. The monoisotopic (exact) mass is 160 g/mol. The lowest BCUT2D eigenvalue weighted by Crippen LogP contribution is -2.18. The van der Waals surface area contributed by atoms with Crippen molar-refractivity contribution in [1.82, 2.24) is 5.32 Å². The van der Waals surface area contributed by atoms with Crippen LogP contribution in [0.15, 0.2) is 30.0 Å². The third kappa shape index (κ3) is 1.11. The number of rotatable bonds is 1. The Morgan fingerprint density at radius 2 is 2.25 bits per heavy atom. The number of hydrogen-bond donors (Lipinski definition) is 1. The van der Waals surface area contributed by atoms with Gasteiger partial charge in [0.2, 0.25) is 0 Å². The summed E-state index contributed by atoms with van der Waals surface area (Å²) in [6.07, 6.45) is 2.71. The van der Waals surface area contributed by atoms with Gasteiger partial charge in [-0.15, -0.1) is 0 Å². The molecule has 0 unspecified atom stereocenters. The molecule has 0 radical (unpaired) electrons. The van der Waals surface area contributed by atoms with Gasteiger partial charge in [-0.05, 0) is 17.2 Å². The second kappa shape index (κ2) is 2.81. The third-order valence-electron chi connectivity index (χ3n) is 1.98. The van der Waals surface area contributed by atoms with E-state index in [1.165, 1.54) is 5.56 Å². The molecule has 1 N–H and O–H groups in total. The van der Waals surface area contributed by atoms with Crippen molar-refractivity contribution >= 4 is 12.4 Å². The zero-order valence-corrected chi connectivity index (χ0v) is 6.58. The lowest BCUT2D eigenvalue weighted by atomic mass is 10.0. The quantitative estimate of drug-likeness (QED) is 0.630. The summed E-state index contributed by atoms with van der Waals surface area (Å²) >= 11 is 0. The molecule has 2 nitrogen and oxygen atoms in total. The molecule has 1 heterocycles. The molecular weight excluding hydrogens is 150 g/mol. The van der Waals surface area contributed by atoms with Crippen molar-refractivity contribution in [2.45, 2.75) is 6.54 Å². The first-order valence-corrected chi connectivity index (χ1v) is 3.89. The largest absolute Gasteiger partial charge is 1.00 e. The van der Waals surface area contributed by atoms with Crippen LogP contribution in [0, 0.1) is 0 Å². The molecule has 0 atom stereocenters. The number of benzene rings is 1. The van der Waals surface area contributed by atoms with Gasteiger partial charge in [0.05, 0.1) is 5.70 Å². The van der Waals surface area contributed by atoms with Crippen molar-refractivity contribution in [3.63, 3.8) is 0 Å². The Labute approximate surface area is 72.4 Å². The molecule has 12 heavy (non-hydrogen) atoms. The highest BCUT2D eigenvalue weighted by Gasteiger charge is 2.06. The van der Waals surface area contributed by atoms with Gasteiger partial charge < -0.3 is 5.32 Å². The molecule has 60 valence electrons. The minimum absolute atomic E-state index is 0. The van der Waals surface area contributed by atoms with E-state index in [1.807, 2.05) is 24.3 Å². The van der Waals surface area contributed by atoms with E-state index in [9.17, 15) is 4.79 Å². The summed E-state index contributed by atoms with van der Waals surface area (Å²) in [6.45, 7) is 0.751. The van der Waals surface area contributed by atoms with E-state index in [2.05, 4.69) is 11.4 Å². The van der Waals surface area contributed by atoms with Crippen molar-refractivity contribution < 1.29 is 6.22 Å². The van der Waals surface area contributed by atoms with Crippen LogP contribution in [0.25, 0.3) is 6.08 Å². The maximum Gasteiger partial charge on any atom is 1.00 e. The maximum atomic E-state index is 10.4. The molecule has 0 saturated heterocycles. The van der Waals surface area contributed by atoms with Crippen molar-refractivity contribution in [3.05, 3.63) is 41.1 Å². The van der Waals surface area contributed by atoms with E-state index in [0.717, 1.165) is 18.4 Å². The molecule has 0 saturated carbocycles. The Bertz CT molecular complexity index is 347. The van der Waals surface area contributed by atoms with Crippen LogP contribution in [0.3, 0.4) is 0 Å². The Morgan fingerprint density at radius 1 is 1.42 bits per heavy atom. The summed E-state index contributed by atoms with van der Waals surface area (Å²) in [5.41, 5.74) is 3.04. The van der Waals surface area contributed by atoms with Crippen LogP contribution in [0.5, 0.6) is 0 Å². The lowest BCUT2D eigenvalue weighted by molar-refractivity contribution is -0.105. The molecule has 2 rings (SSSR count). The summed E-state index contributed by atoms with van der Waals surface area (Å²) in [5, 5.41) is 3.02. The molecule has 1 aromatic rings. The van der Waals surface area contributed by atoms with Crippen LogP contribution >= 0.6 is 0 Å². The Balaban J connectivity index is 0.000000845. The van der Waals surface area contributed by atoms with Crippen LogP contribution < -0.4 is 5.32 Å². The zero-order valence-electron chi connectivity index (χ0n) is 7.58. The lowest BCUT2D eigenvalue weighted by Gasteiger charge is -2.14. The van der Waals surface area contributed by atoms with Crippen molar-refractivity contribution in [2.75, 3.05) is 0 Å². The standard InChI is InChI=1S/C10H9NO/c12-7-10-5-8-3-1-2-4-9(8)6-11-10/h1-5,7,11H,6H2/p+1. The Kier molecular flexibility index (Phi) is 1.67. The first kappa shape index (κ1) is 7.10. The summed E-state index contributed by atoms with van der Waals surface area (Å²) in [7, 11) is 0. The molecule has 0 aliphatic carbocycles. The maximum absolute atomic E-state index is 10.4. The summed E-state index contributed by atoms with van der Waals surface area (Å²) in [4.78, 5) is 10.4. The van der Waals surface area contributed by atoms with Gasteiger partial charge in [-0.2, -0.15) is 0 Å². The van der Waals surface area contributed by atoms with Crippen LogP contribution in [-0.2, 0) is 11.3 Å². The smallest absolute Gasteiger partial charge is 0.378 e. The summed E-state index contributed by atoms with van der Waals surface area (Å²) in [5.74, 6) is 0. The number of carbonyl (C=O) groups is 1. The molecule has 0 fully saturated rings. The molecule has 0 amide bonds. The second-order valence-corrected chi connectivity index (χ2v) is 2.77. The van der Waals surface area contributed by atoms with Gasteiger partial charge >= 0.3 is 1.43 Å². The Hall–Kier alpha value is -1.57. The number of hydrogen-bond acceptors (Lipinski definition) is 2. The molecule has 1 aliphatic heterocycles. The minimum atomic E-state index is 0. The number of fused-ring (bicyclic) bond motifs is 1. The van der Waals surface area contributed by atoms with Crippen LogP contribution in [-0.4, -0.2) is 6.29 Å². The highest BCUT2D eigenvalue weighted by Crippen LogP contribution is 2.15. The van der Waals surface area contributed by atoms with Gasteiger partial charge in [-0.25, -0.2) is 0 Å². The number of allylic oxidation sites excluding steroid dienone is 1. The summed E-state index contributed by atoms with van der Waals surface area (Å²) in [6, 6.07) is 8.05. The zero-order chi connectivity index (χ0) is 8.39. The topological polar surface area (TPSA) is 29.1 Å². The highest BCUT2D eigenvalue weighted by molar-refractivity contribution is 5.82.